The van der Waals surface area contributed by atoms with E-state index < -0.39 is 0 Å². The van der Waals surface area contributed by atoms with Crippen LogP contribution >= 0.6 is 0 Å². The average molecular weight is 200 g/mol. The zero-order valence-corrected chi connectivity index (χ0v) is 9.28. The second-order valence-electron chi connectivity index (χ2n) is 3.95. The molecule has 14 heavy (non-hydrogen) atoms. The minimum Gasteiger partial charge on any atom is -0.330 e. The lowest BCUT2D eigenvalue weighted by atomic mass is 10.1. The Bertz CT molecular complexity index is 151. The van der Waals surface area contributed by atoms with Crippen LogP contribution in [-0.2, 0) is 0 Å². The first kappa shape index (κ1) is 11.9. The molecule has 0 amide bonds. The summed E-state index contributed by atoms with van der Waals surface area (Å²) in [5, 5.41) is 0. The summed E-state index contributed by atoms with van der Waals surface area (Å²) in [6, 6.07) is 0.622. The van der Waals surface area contributed by atoms with Crippen LogP contribution in [0.1, 0.15) is 13.3 Å². The minimum absolute atomic E-state index is 0.622. The lowest BCUT2D eigenvalue weighted by Gasteiger charge is -2.41. The maximum atomic E-state index is 5.63. The number of nitrogens with two attached hydrogens (primary N) is 2. The molecule has 0 aliphatic carbocycles. The maximum absolute atomic E-state index is 5.63. The lowest BCUT2D eigenvalue weighted by Crippen LogP contribution is -2.54. The van der Waals surface area contributed by atoms with E-state index in [1.54, 1.807) is 0 Å². The zero-order valence-electron chi connectivity index (χ0n) is 9.28. The van der Waals surface area contributed by atoms with E-state index in [4.69, 9.17) is 11.5 Å². The van der Waals surface area contributed by atoms with Gasteiger partial charge in [0.15, 0.2) is 0 Å². The molecule has 0 saturated carbocycles. The Labute approximate surface area is 87.2 Å². The zero-order chi connectivity index (χ0) is 10.4. The molecule has 1 unspecified atom stereocenters. The highest BCUT2D eigenvalue weighted by molar-refractivity contribution is 4.81. The molecule has 84 valence electrons. The fourth-order valence-corrected chi connectivity index (χ4v) is 2.17. The van der Waals surface area contributed by atoms with Crippen LogP contribution in [0.25, 0.3) is 0 Å². The van der Waals surface area contributed by atoms with Crippen LogP contribution in [0, 0.1) is 0 Å². The Morgan fingerprint density at radius 3 is 2.57 bits per heavy atom. The van der Waals surface area contributed by atoms with E-state index in [2.05, 4.69) is 16.7 Å². The summed E-state index contributed by atoms with van der Waals surface area (Å²) in [5.41, 5.74) is 11.2. The Balaban J connectivity index is 2.42. The molecular formula is C10H24N4. The van der Waals surface area contributed by atoms with Crippen LogP contribution in [0.3, 0.4) is 0 Å². The van der Waals surface area contributed by atoms with Gasteiger partial charge >= 0.3 is 0 Å². The SMILES string of the molecule is CCN1CCN(CCN)C(CCN)C1. The van der Waals surface area contributed by atoms with Crippen LogP contribution in [0.15, 0.2) is 0 Å². The van der Waals surface area contributed by atoms with Crippen LogP contribution in [0.4, 0.5) is 0 Å². The average Bonchev–Trinajstić information content (AvgIpc) is 2.21. The molecule has 1 rings (SSSR count). The summed E-state index contributed by atoms with van der Waals surface area (Å²) in [7, 11) is 0. The third-order valence-corrected chi connectivity index (χ3v) is 3.05. The quantitative estimate of drug-likeness (QED) is 0.616. The third-order valence-electron chi connectivity index (χ3n) is 3.05. The molecule has 4 nitrogen and oxygen atoms in total. The predicted octanol–water partition coefficient (Wildman–Crippen LogP) is -0.700. The van der Waals surface area contributed by atoms with Gasteiger partial charge in [0.1, 0.15) is 0 Å². The van der Waals surface area contributed by atoms with Gasteiger partial charge in [-0.2, -0.15) is 0 Å². The molecule has 0 aromatic rings. The van der Waals surface area contributed by atoms with Gasteiger partial charge in [-0.15, -0.1) is 0 Å². The van der Waals surface area contributed by atoms with Crippen molar-refractivity contribution in [1.82, 2.24) is 9.80 Å². The largest absolute Gasteiger partial charge is 0.330 e. The van der Waals surface area contributed by atoms with Gasteiger partial charge in [-0.3, -0.25) is 4.90 Å². The molecule has 4 heteroatoms. The van der Waals surface area contributed by atoms with Gasteiger partial charge in [0.05, 0.1) is 0 Å². The fraction of sp³-hybridized carbons (Fsp3) is 1.00. The molecular weight excluding hydrogens is 176 g/mol. The monoisotopic (exact) mass is 200 g/mol. The standard InChI is InChI=1S/C10H24N4/c1-2-13-7-8-14(6-5-12)10(9-13)3-4-11/h10H,2-9,11-12H2,1H3. The van der Waals surface area contributed by atoms with Crippen molar-refractivity contribution in [2.45, 2.75) is 19.4 Å². The first-order valence-corrected chi connectivity index (χ1v) is 5.68. The number of hydrogen-bond acceptors (Lipinski definition) is 4. The predicted molar refractivity (Wildman–Crippen MR) is 60.2 cm³/mol. The first-order valence-electron chi connectivity index (χ1n) is 5.68. The number of piperazine rings is 1. The van der Waals surface area contributed by atoms with Crippen molar-refractivity contribution in [2.75, 3.05) is 45.8 Å². The van der Waals surface area contributed by atoms with Crippen molar-refractivity contribution < 1.29 is 0 Å². The third kappa shape index (κ3) is 3.20. The molecule has 0 aromatic carbocycles. The summed E-state index contributed by atoms with van der Waals surface area (Å²) in [6.45, 7) is 9.41. The molecule has 1 atom stereocenters. The molecule has 0 spiro atoms. The van der Waals surface area contributed by atoms with Crippen molar-refractivity contribution >= 4 is 0 Å². The van der Waals surface area contributed by atoms with Gasteiger partial charge in [0, 0.05) is 38.8 Å². The lowest BCUT2D eigenvalue weighted by molar-refractivity contribution is 0.0766. The first-order chi connectivity index (χ1) is 6.81. The number of nitrogens with zero attached hydrogens (tertiary/aromatic N) is 2. The van der Waals surface area contributed by atoms with Gasteiger partial charge in [0.25, 0.3) is 0 Å². The molecule has 4 N–H and O–H groups in total. The van der Waals surface area contributed by atoms with Crippen molar-refractivity contribution in [3.63, 3.8) is 0 Å². The van der Waals surface area contributed by atoms with Gasteiger partial charge in [-0.1, -0.05) is 6.92 Å². The summed E-state index contributed by atoms with van der Waals surface area (Å²) < 4.78 is 0. The highest BCUT2D eigenvalue weighted by atomic mass is 15.3. The van der Waals surface area contributed by atoms with E-state index in [0.717, 1.165) is 45.7 Å². The van der Waals surface area contributed by atoms with Crippen LogP contribution in [0.5, 0.6) is 0 Å². The molecule has 0 radical (unpaired) electrons. The number of hydrogen-bond donors (Lipinski definition) is 2. The van der Waals surface area contributed by atoms with E-state index in [9.17, 15) is 0 Å². The topological polar surface area (TPSA) is 58.5 Å². The highest BCUT2D eigenvalue weighted by Crippen LogP contribution is 2.11. The van der Waals surface area contributed by atoms with Gasteiger partial charge in [-0.25, -0.2) is 0 Å². The summed E-state index contributed by atoms with van der Waals surface area (Å²) >= 11 is 0. The number of likely N-dealkylation sites (N-methyl/N-ethyl adjacent to an activating group) is 1. The summed E-state index contributed by atoms with van der Waals surface area (Å²) in [4.78, 5) is 4.98. The second kappa shape index (κ2) is 6.35. The van der Waals surface area contributed by atoms with Gasteiger partial charge < -0.3 is 16.4 Å². The second-order valence-corrected chi connectivity index (χ2v) is 3.95. The summed E-state index contributed by atoms with van der Waals surface area (Å²) in [5.74, 6) is 0. The van der Waals surface area contributed by atoms with Crippen molar-refractivity contribution in [1.29, 1.82) is 0 Å². The van der Waals surface area contributed by atoms with E-state index in [-0.39, 0.29) is 0 Å². The molecule has 0 aromatic heterocycles. The van der Waals surface area contributed by atoms with Gasteiger partial charge in [0.2, 0.25) is 0 Å². The molecule has 0 bridgehead atoms. The molecule has 1 fully saturated rings. The fourth-order valence-electron chi connectivity index (χ4n) is 2.17. The van der Waals surface area contributed by atoms with E-state index in [1.807, 2.05) is 0 Å². The van der Waals surface area contributed by atoms with E-state index in [1.165, 1.54) is 6.54 Å². The Morgan fingerprint density at radius 2 is 2.00 bits per heavy atom. The Kier molecular flexibility index (Phi) is 5.40. The van der Waals surface area contributed by atoms with Gasteiger partial charge in [-0.05, 0) is 19.5 Å². The van der Waals surface area contributed by atoms with Crippen molar-refractivity contribution in [2.24, 2.45) is 11.5 Å². The highest BCUT2D eigenvalue weighted by Gasteiger charge is 2.24. The normalized spacial score (nSPS) is 25.5. The Hall–Kier alpha value is -0.160. The van der Waals surface area contributed by atoms with E-state index >= 15 is 0 Å². The molecule has 1 heterocycles. The van der Waals surface area contributed by atoms with Crippen LogP contribution in [-0.4, -0.2) is 61.7 Å². The Morgan fingerprint density at radius 1 is 1.21 bits per heavy atom. The van der Waals surface area contributed by atoms with Crippen LogP contribution in [0.2, 0.25) is 0 Å². The minimum atomic E-state index is 0.622. The van der Waals surface area contributed by atoms with Crippen LogP contribution < -0.4 is 11.5 Å². The maximum Gasteiger partial charge on any atom is 0.0236 e. The van der Waals surface area contributed by atoms with E-state index in [0.29, 0.717) is 6.04 Å². The molecule has 1 aliphatic rings. The molecule has 1 aliphatic heterocycles. The summed E-state index contributed by atoms with van der Waals surface area (Å²) in [6.07, 6.45) is 1.09. The van der Waals surface area contributed by atoms with Crippen molar-refractivity contribution in [3.8, 4) is 0 Å². The number of rotatable bonds is 5. The van der Waals surface area contributed by atoms with Crippen molar-refractivity contribution in [3.05, 3.63) is 0 Å². The molecule has 1 saturated heterocycles. The smallest absolute Gasteiger partial charge is 0.0236 e.